The van der Waals surface area contributed by atoms with Crippen molar-refractivity contribution in [2.75, 3.05) is 13.2 Å². The van der Waals surface area contributed by atoms with Crippen LogP contribution < -0.4 is 5.32 Å². The highest BCUT2D eigenvalue weighted by Crippen LogP contribution is 2.36. The van der Waals surface area contributed by atoms with Gasteiger partial charge in [-0.3, -0.25) is 9.59 Å². The van der Waals surface area contributed by atoms with Crippen molar-refractivity contribution < 1.29 is 14.3 Å². The molecule has 6 heteroatoms. The van der Waals surface area contributed by atoms with E-state index in [0.717, 1.165) is 21.0 Å². The largest absolute Gasteiger partial charge is 0.455 e. The first-order chi connectivity index (χ1) is 13.6. The highest BCUT2D eigenvalue weighted by atomic mass is 32.1. The number of carbonyl (C=O) groups is 2. The highest BCUT2D eigenvalue weighted by Gasteiger charge is 2.18. The molecule has 5 nitrogen and oxygen atoms in total. The van der Waals surface area contributed by atoms with Crippen LogP contribution in [0.4, 0.5) is 0 Å². The van der Waals surface area contributed by atoms with Crippen LogP contribution in [0, 0.1) is 6.92 Å². The van der Waals surface area contributed by atoms with E-state index >= 15 is 0 Å². The number of aryl methyl sites for hydroxylation is 1. The van der Waals surface area contributed by atoms with Gasteiger partial charge in [0.15, 0.2) is 6.61 Å². The van der Waals surface area contributed by atoms with Gasteiger partial charge < -0.3 is 10.1 Å². The lowest BCUT2D eigenvalue weighted by Gasteiger charge is -2.05. The first-order valence-corrected chi connectivity index (χ1v) is 9.93. The normalized spacial score (nSPS) is 10.5. The van der Waals surface area contributed by atoms with Crippen molar-refractivity contribution in [1.82, 2.24) is 10.3 Å². The molecule has 0 radical (unpaired) electrons. The van der Waals surface area contributed by atoms with E-state index in [1.807, 2.05) is 68.4 Å². The average molecular weight is 394 g/mol. The number of esters is 1. The van der Waals surface area contributed by atoms with Crippen LogP contribution in [0.3, 0.4) is 0 Å². The van der Waals surface area contributed by atoms with E-state index in [-0.39, 0.29) is 18.9 Å². The van der Waals surface area contributed by atoms with Crippen LogP contribution in [0.5, 0.6) is 0 Å². The second-order valence-corrected chi connectivity index (χ2v) is 7.32. The third-order valence-corrected chi connectivity index (χ3v) is 5.28. The Bertz CT molecular complexity index is 950. The quantitative estimate of drug-likeness (QED) is 0.615. The molecule has 28 heavy (non-hydrogen) atoms. The number of nitrogens with one attached hydrogen (secondary N) is 1. The number of hydrogen-bond acceptors (Lipinski definition) is 5. The van der Waals surface area contributed by atoms with E-state index in [1.165, 1.54) is 5.56 Å². The molecule has 1 N–H and O–H groups in total. The predicted octanol–water partition coefficient (Wildman–Crippen LogP) is 4.01. The van der Waals surface area contributed by atoms with Gasteiger partial charge in [-0.05, 0) is 19.4 Å². The maximum Gasteiger partial charge on any atom is 0.312 e. The highest BCUT2D eigenvalue weighted by molar-refractivity contribution is 7.18. The van der Waals surface area contributed by atoms with Gasteiger partial charge in [-0.15, -0.1) is 11.3 Å². The summed E-state index contributed by atoms with van der Waals surface area (Å²) >= 11 is 1.55. The molecule has 0 saturated carbocycles. The third kappa shape index (κ3) is 5.04. The summed E-state index contributed by atoms with van der Waals surface area (Å²) in [7, 11) is 0. The van der Waals surface area contributed by atoms with E-state index in [0.29, 0.717) is 12.2 Å². The van der Waals surface area contributed by atoms with Gasteiger partial charge in [-0.2, -0.15) is 0 Å². The van der Waals surface area contributed by atoms with Crippen molar-refractivity contribution in [2.24, 2.45) is 0 Å². The molecule has 0 fully saturated rings. The van der Waals surface area contributed by atoms with Crippen LogP contribution in [0.2, 0.25) is 0 Å². The summed E-state index contributed by atoms with van der Waals surface area (Å²) in [4.78, 5) is 29.4. The van der Waals surface area contributed by atoms with E-state index in [4.69, 9.17) is 9.72 Å². The Morgan fingerprint density at radius 1 is 1.04 bits per heavy atom. The lowest BCUT2D eigenvalue weighted by molar-refractivity contribution is -0.147. The Morgan fingerprint density at radius 2 is 1.75 bits per heavy atom. The van der Waals surface area contributed by atoms with Gasteiger partial charge in [-0.25, -0.2) is 4.98 Å². The molecule has 1 heterocycles. The van der Waals surface area contributed by atoms with Crippen LogP contribution in [-0.2, 0) is 20.7 Å². The van der Waals surface area contributed by atoms with Gasteiger partial charge in [0.2, 0.25) is 0 Å². The zero-order valence-electron chi connectivity index (χ0n) is 15.9. The van der Waals surface area contributed by atoms with E-state index in [2.05, 4.69) is 5.32 Å². The van der Waals surface area contributed by atoms with Crippen molar-refractivity contribution in [3.63, 3.8) is 0 Å². The number of amides is 1. The van der Waals surface area contributed by atoms with Gasteiger partial charge >= 0.3 is 5.97 Å². The van der Waals surface area contributed by atoms with Gasteiger partial charge in [0.1, 0.15) is 5.01 Å². The molecule has 0 aliphatic carbocycles. The van der Waals surface area contributed by atoms with Crippen molar-refractivity contribution in [2.45, 2.75) is 20.3 Å². The number of thiazole rings is 1. The molecule has 0 bridgehead atoms. The number of nitrogens with zero attached hydrogens (tertiary/aromatic N) is 1. The molecule has 2 aromatic carbocycles. The maximum absolute atomic E-state index is 12.3. The Labute approximate surface area is 168 Å². The molecule has 0 unspecified atom stereocenters. The summed E-state index contributed by atoms with van der Waals surface area (Å²) in [5.41, 5.74) is 3.84. The maximum atomic E-state index is 12.3. The van der Waals surface area contributed by atoms with Crippen LogP contribution in [-0.4, -0.2) is 30.0 Å². The topological polar surface area (TPSA) is 68.3 Å². The molecule has 3 rings (SSSR count). The molecule has 0 spiro atoms. The zero-order valence-corrected chi connectivity index (χ0v) is 16.7. The monoisotopic (exact) mass is 394 g/mol. The Kier molecular flexibility index (Phi) is 6.55. The molecular weight excluding hydrogens is 372 g/mol. The fraction of sp³-hybridized carbons (Fsp3) is 0.227. The second kappa shape index (κ2) is 9.28. The minimum absolute atomic E-state index is 0.0198. The minimum Gasteiger partial charge on any atom is -0.455 e. The first-order valence-electron chi connectivity index (χ1n) is 9.11. The summed E-state index contributed by atoms with van der Waals surface area (Å²) < 4.78 is 5.10. The molecular formula is C22H22N2O3S. The molecule has 1 aromatic heterocycles. The third-order valence-electron chi connectivity index (χ3n) is 4.08. The number of rotatable bonds is 7. The summed E-state index contributed by atoms with van der Waals surface area (Å²) in [5, 5.41) is 3.45. The Hall–Kier alpha value is -2.99. The minimum atomic E-state index is -0.468. The average Bonchev–Trinajstić information content (AvgIpc) is 3.11. The van der Waals surface area contributed by atoms with Crippen molar-refractivity contribution >= 4 is 23.2 Å². The number of aromatic nitrogens is 1. The lowest BCUT2D eigenvalue weighted by Crippen LogP contribution is -2.28. The number of likely N-dealkylation sites (N-methyl/N-ethyl adjacent to an activating group) is 1. The summed E-state index contributed by atoms with van der Waals surface area (Å²) in [6, 6.07) is 18.0. The molecule has 0 saturated heterocycles. The zero-order chi connectivity index (χ0) is 19.9. The SMILES string of the molecule is CCNC(=O)COC(=O)Cc1nc(-c2ccccc2)sc1-c1ccc(C)cc1. The summed E-state index contributed by atoms with van der Waals surface area (Å²) in [5.74, 6) is -0.776. The lowest BCUT2D eigenvalue weighted by atomic mass is 10.1. The molecule has 0 aliphatic rings. The fourth-order valence-corrected chi connectivity index (χ4v) is 3.78. The molecule has 144 valence electrons. The number of hydrogen-bond donors (Lipinski definition) is 1. The van der Waals surface area contributed by atoms with Gasteiger partial charge in [0.25, 0.3) is 5.91 Å². The Morgan fingerprint density at radius 3 is 2.43 bits per heavy atom. The molecule has 0 atom stereocenters. The standard InChI is InChI=1S/C22H22N2O3S/c1-3-23-19(25)14-27-20(26)13-18-21(16-11-9-15(2)10-12-16)28-22(24-18)17-7-5-4-6-8-17/h4-12H,3,13-14H2,1-2H3,(H,23,25). The van der Waals surface area contributed by atoms with E-state index in [1.54, 1.807) is 11.3 Å². The molecule has 3 aromatic rings. The van der Waals surface area contributed by atoms with Crippen LogP contribution in [0.25, 0.3) is 21.0 Å². The number of benzene rings is 2. The van der Waals surface area contributed by atoms with Crippen molar-refractivity contribution in [3.8, 4) is 21.0 Å². The van der Waals surface area contributed by atoms with Gasteiger partial charge in [0, 0.05) is 12.1 Å². The molecule has 1 amide bonds. The summed E-state index contributed by atoms with van der Waals surface area (Å²) in [6.45, 7) is 4.07. The first kappa shape index (κ1) is 19.8. The van der Waals surface area contributed by atoms with Gasteiger partial charge in [0.05, 0.1) is 17.0 Å². The number of carbonyl (C=O) groups excluding carboxylic acids is 2. The van der Waals surface area contributed by atoms with E-state index in [9.17, 15) is 9.59 Å². The van der Waals surface area contributed by atoms with Crippen LogP contribution in [0.1, 0.15) is 18.2 Å². The van der Waals surface area contributed by atoms with Crippen LogP contribution >= 0.6 is 11.3 Å². The molecule has 0 aliphatic heterocycles. The van der Waals surface area contributed by atoms with E-state index < -0.39 is 5.97 Å². The van der Waals surface area contributed by atoms with Crippen molar-refractivity contribution in [1.29, 1.82) is 0 Å². The fourth-order valence-electron chi connectivity index (χ4n) is 2.69. The number of ether oxygens (including phenoxy) is 1. The Balaban J connectivity index is 1.85. The van der Waals surface area contributed by atoms with Crippen molar-refractivity contribution in [3.05, 3.63) is 65.9 Å². The second-order valence-electron chi connectivity index (χ2n) is 6.32. The summed E-state index contributed by atoms with van der Waals surface area (Å²) in [6.07, 6.45) is 0.0198. The smallest absolute Gasteiger partial charge is 0.312 e. The van der Waals surface area contributed by atoms with Crippen LogP contribution in [0.15, 0.2) is 54.6 Å². The van der Waals surface area contributed by atoms with Gasteiger partial charge in [-0.1, -0.05) is 60.2 Å². The predicted molar refractivity (Wildman–Crippen MR) is 111 cm³/mol.